The number of nitrogens with one attached hydrogen (secondary N) is 2. The minimum atomic E-state index is -1.09. The van der Waals surface area contributed by atoms with Crippen LogP contribution in [0, 0.1) is 0 Å². The number of urea groups is 1. The molecule has 0 saturated carbocycles. The van der Waals surface area contributed by atoms with Gasteiger partial charge in [0, 0.05) is 12.5 Å². The van der Waals surface area contributed by atoms with Crippen molar-refractivity contribution in [1.82, 2.24) is 15.8 Å². The molecule has 0 saturated heterocycles. The van der Waals surface area contributed by atoms with E-state index in [1.807, 2.05) is 30.3 Å². The fourth-order valence-electron chi connectivity index (χ4n) is 1.76. The second-order valence-corrected chi connectivity index (χ2v) is 4.40. The molecule has 1 heterocycles. The highest BCUT2D eigenvalue weighted by Gasteiger charge is 2.20. The van der Waals surface area contributed by atoms with Gasteiger partial charge in [0.05, 0.1) is 6.54 Å². The largest absolute Gasteiger partial charge is 0.480 e. The maximum atomic E-state index is 11.7. The number of aromatic nitrogens is 1. The first-order valence-electron chi connectivity index (χ1n) is 6.35. The molecule has 0 bridgehead atoms. The van der Waals surface area contributed by atoms with E-state index in [1.165, 1.54) is 6.26 Å². The molecule has 21 heavy (non-hydrogen) atoms. The van der Waals surface area contributed by atoms with Crippen molar-refractivity contribution in [2.75, 3.05) is 0 Å². The average molecular weight is 289 g/mol. The highest BCUT2D eigenvalue weighted by atomic mass is 16.5. The van der Waals surface area contributed by atoms with Gasteiger partial charge in [0.1, 0.15) is 18.0 Å². The number of carbonyl (C=O) groups is 2. The lowest BCUT2D eigenvalue weighted by Gasteiger charge is -2.15. The normalized spacial score (nSPS) is 11.6. The molecule has 1 atom stereocenters. The van der Waals surface area contributed by atoms with E-state index in [0.717, 1.165) is 5.56 Å². The Balaban J connectivity index is 1.87. The molecule has 1 aromatic carbocycles. The summed E-state index contributed by atoms with van der Waals surface area (Å²) < 4.78 is 4.63. The zero-order valence-electron chi connectivity index (χ0n) is 11.2. The quantitative estimate of drug-likeness (QED) is 0.740. The molecular formula is C14H15N3O4. The topological polar surface area (TPSA) is 104 Å². The van der Waals surface area contributed by atoms with Gasteiger partial charge in [-0.25, -0.2) is 9.59 Å². The van der Waals surface area contributed by atoms with Crippen molar-refractivity contribution in [2.45, 2.75) is 19.0 Å². The predicted octanol–water partition coefficient (Wildman–Crippen LogP) is 1.17. The Morgan fingerprint density at radius 3 is 2.62 bits per heavy atom. The van der Waals surface area contributed by atoms with Gasteiger partial charge in [-0.05, 0) is 5.56 Å². The predicted molar refractivity (Wildman–Crippen MR) is 73.4 cm³/mol. The summed E-state index contributed by atoms with van der Waals surface area (Å²) in [4.78, 5) is 22.9. The fourth-order valence-corrected chi connectivity index (χ4v) is 1.76. The van der Waals surface area contributed by atoms with Gasteiger partial charge in [-0.3, -0.25) is 0 Å². The van der Waals surface area contributed by atoms with E-state index in [0.29, 0.717) is 5.69 Å². The van der Waals surface area contributed by atoms with Crippen LogP contribution in [-0.4, -0.2) is 28.3 Å². The smallest absolute Gasteiger partial charge is 0.326 e. The number of benzene rings is 1. The summed E-state index contributed by atoms with van der Waals surface area (Å²) in [6.07, 6.45) is 1.61. The lowest BCUT2D eigenvalue weighted by Crippen LogP contribution is -2.46. The van der Waals surface area contributed by atoms with Crippen LogP contribution >= 0.6 is 0 Å². The molecule has 0 aliphatic carbocycles. The highest BCUT2D eigenvalue weighted by molar-refractivity contribution is 5.82. The molecule has 0 aliphatic rings. The Morgan fingerprint density at radius 2 is 2.00 bits per heavy atom. The number of nitrogens with zero attached hydrogens (tertiary/aromatic N) is 1. The van der Waals surface area contributed by atoms with Gasteiger partial charge in [0.25, 0.3) is 0 Å². The van der Waals surface area contributed by atoms with Gasteiger partial charge in [-0.1, -0.05) is 35.5 Å². The fraction of sp³-hybridized carbons (Fsp3) is 0.214. The SMILES string of the molecule is O=C(NCc1ccon1)N[C@H](Cc1ccccc1)C(=O)O. The number of carboxylic acid groups (broad SMARTS) is 1. The number of carboxylic acids is 1. The minimum Gasteiger partial charge on any atom is -0.480 e. The van der Waals surface area contributed by atoms with Crippen LogP contribution in [0.1, 0.15) is 11.3 Å². The zero-order valence-corrected chi connectivity index (χ0v) is 11.2. The van der Waals surface area contributed by atoms with Crippen LogP contribution in [0.4, 0.5) is 4.79 Å². The summed E-state index contributed by atoms with van der Waals surface area (Å²) in [6, 6.07) is 9.15. The van der Waals surface area contributed by atoms with Crippen molar-refractivity contribution in [1.29, 1.82) is 0 Å². The Hall–Kier alpha value is -2.83. The molecule has 2 rings (SSSR count). The molecule has 7 nitrogen and oxygen atoms in total. The second-order valence-electron chi connectivity index (χ2n) is 4.40. The lowest BCUT2D eigenvalue weighted by atomic mass is 10.1. The number of rotatable bonds is 6. The first-order chi connectivity index (χ1) is 10.1. The number of hydrogen-bond acceptors (Lipinski definition) is 4. The van der Waals surface area contributed by atoms with Crippen LogP contribution in [0.15, 0.2) is 47.2 Å². The molecule has 0 unspecified atom stereocenters. The Labute approximate surface area is 120 Å². The van der Waals surface area contributed by atoms with Crippen LogP contribution in [0.3, 0.4) is 0 Å². The van der Waals surface area contributed by atoms with Crippen molar-refractivity contribution in [3.8, 4) is 0 Å². The summed E-state index contributed by atoms with van der Waals surface area (Å²) in [5.41, 5.74) is 1.39. The van der Waals surface area contributed by atoms with Crippen molar-refractivity contribution in [3.05, 3.63) is 53.9 Å². The van der Waals surface area contributed by atoms with Crippen LogP contribution in [0.25, 0.3) is 0 Å². The minimum absolute atomic E-state index is 0.167. The first-order valence-corrected chi connectivity index (χ1v) is 6.35. The third kappa shape index (κ3) is 4.64. The number of hydrogen-bond donors (Lipinski definition) is 3. The van der Waals surface area contributed by atoms with Crippen LogP contribution in [0.5, 0.6) is 0 Å². The second kappa shape index (κ2) is 7.09. The lowest BCUT2D eigenvalue weighted by molar-refractivity contribution is -0.139. The molecule has 110 valence electrons. The maximum Gasteiger partial charge on any atom is 0.326 e. The maximum absolute atomic E-state index is 11.7. The van der Waals surface area contributed by atoms with E-state index in [9.17, 15) is 9.59 Å². The average Bonchev–Trinajstić information content (AvgIpc) is 2.99. The summed E-state index contributed by atoms with van der Waals surface area (Å²) in [7, 11) is 0. The molecule has 1 aromatic heterocycles. The van der Waals surface area contributed by atoms with Gasteiger partial charge in [-0.15, -0.1) is 0 Å². The molecule has 7 heteroatoms. The third-order valence-electron chi connectivity index (χ3n) is 2.81. The van der Waals surface area contributed by atoms with Crippen molar-refractivity contribution >= 4 is 12.0 Å². The zero-order chi connectivity index (χ0) is 15.1. The van der Waals surface area contributed by atoms with Crippen molar-refractivity contribution in [3.63, 3.8) is 0 Å². The van der Waals surface area contributed by atoms with Crippen LogP contribution in [-0.2, 0) is 17.8 Å². The van der Waals surface area contributed by atoms with E-state index in [2.05, 4.69) is 20.3 Å². The Bertz CT molecular complexity index is 584. The van der Waals surface area contributed by atoms with Crippen LogP contribution in [0.2, 0.25) is 0 Å². The molecule has 2 aromatic rings. The van der Waals surface area contributed by atoms with Gasteiger partial charge in [-0.2, -0.15) is 0 Å². The Morgan fingerprint density at radius 1 is 1.24 bits per heavy atom. The number of aliphatic carboxylic acids is 1. The van der Waals surface area contributed by atoms with Crippen molar-refractivity contribution in [2.24, 2.45) is 0 Å². The molecule has 2 amide bonds. The van der Waals surface area contributed by atoms with Gasteiger partial charge in [0.15, 0.2) is 0 Å². The molecular weight excluding hydrogens is 274 g/mol. The molecule has 0 radical (unpaired) electrons. The third-order valence-corrected chi connectivity index (χ3v) is 2.81. The van der Waals surface area contributed by atoms with E-state index >= 15 is 0 Å². The standard InChI is InChI=1S/C14H15N3O4/c18-13(19)12(8-10-4-2-1-3-5-10)16-14(20)15-9-11-6-7-21-17-11/h1-7,12H,8-9H2,(H,18,19)(H2,15,16,20)/t12-/m1/s1. The van der Waals surface area contributed by atoms with E-state index in [1.54, 1.807) is 6.07 Å². The molecule has 0 aliphatic heterocycles. The molecule has 0 spiro atoms. The van der Waals surface area contributed by atoms with Crippen LogP contribution < -0.4 is 10.6 Å². The first kappa shape index (κ1) is 14.6. The summed E-state index contributed by atoms with van der Waals surface area (Å²) in [6.45, 7) is 0.167. The van der Waals surface area contributed by atoms with Gasteiger partial charge in [0.2, 0.25) is 0 Å². The monoisotopic (exact) mass is 289 g/mol. The number of amides is 2. The summed E-state index contributed by atoms with van der Waals surface area (Å²) >= 11 is 0. The number of carbonyl (C=O) groups excluding carboxylic acids is 1. The molecule has 3 N–H and O–H groups in total. The van der Waals surface area contributed by atoms with E-state index < -0.39 is 18.0 Å². The summed E-state index contributed by atoms with van der Waals surface area (Å²) in [5, 5.41) is 17.7. The van der Waals surface area contributed by atoms with Crippen molar-refractivity contribution < 1.29 is 19.2 Å². The van der Waals surface area contributed by atoms with E-state index in [4.69, 9.17) is 5.11 Å². The van der Waals surface area contributed by atoms with Gasteiger partial charge < -0.3 is 20.3 Å². The summed E-state index contributed by atoms with van der Waals surface area (Å²) in [5.74, 6) is -1.09. The van der Waals surface area contributed by atoms with Gasteiger partial charge >= 0.3 is 12.0 Å². The Kier molecular flexibility index (Phi) is 4.92. The molecule has 0 fully saturated rings. The highest BCUT2D eigenvalue weighted by Crippen LogP contribution is 2.03. The van der Waals surface area contributed by atoms with E-state index in [-0.39, 0.29) is 13.0 Å².